The van der Waals surface area contributed by atoms with Crippen LogP contribution in [0.1, 0.15) is 44.7 Å². The molecule has 0 spiro atoms. The maximum Gasteiger partial charge on any atom is -0.0135 e. The van der Waals surface area contributed by atoms with Crippen molar-refractivity contribution in [2.24, 2.45) is 5.92 Å². The Balaban J connectivity index is 0.000000350. The monoisotopic (exact) mass is 346 g/mol. The first-order valence-corrected chi connectivity index (χ1v) is 9.39. The summed E-state index contributed by atoms with van der Waals surface area (Å²) in [5.41, 5.74) is 7.87. The van der Waals surface area contributed by atoms with Crippen molar-refractivity contribution in [3.8, 4) is 0 Å². The molecule has 0 aliphatic heterocycles. The van der Waals surface area contributed by atoms with E-state index < -0.39 is 0 Å². The molecule has 0 fully saturated rings. The highest BCUT2D eigenvalue weighted by molar-refractivity contribution is 5.43. The normalized spacial score (nSPS) is 21.5. The Hall–Kier alpha value is -2.34. The highest BCUT2D eigenvalue weighted by atomic mass is 14.1. The van der Waals surface area contributed by atoms with Gasteiger partial charge < -0.3 is 0 Å². The van der Waals surface area contributed by atoms with E-state index in [0.29, 0.717) is 5.92 Å². The molecule has 1 aliphatic rings. The van der Waals surface area contributed by atoms with Crippen LogP contribution < -0.4 is 0 Å². The Morgan fingerprint density at radius 1 is 1.15 bits per heavy atom. The summed E-state index contributed by atoms with van der Waals surface area (Å²) in [5, 5.41) is 0. The molecule has 1 unspecified atom stereocenters. The lowest BCUT2D eigenvalue weighted by Gasteiger charge is -2.15. The average molecular weight is 347 g/mol. The van der Waals surface area contributed by atoms with Gasteiger partial charge in [0.2, 0.25) is 0 Å². The van der Waals surface area contributed by atoms with Crippen LogP contribution in [0.2, 0.25) is 0 Å². The largest absolute Gasteiger partial charge is 0.0993 e. The molecule has 1 aromatic rings. The van der Waals surface area contributed by atoms with Crippen molar-refractivity contribution in [2.75, 3.05) is 0 Å². The molecular weight excluding hydrogens is 312 g/mol. The Bertz CT molecular complexity index is 718. The van der Waals surface area contributed by atoms with E-state index in [2.05, 4.69) is 96.3 Å². The lowest BCUT2D eigenvalue weighted by molar-refractivity contribution is 0.677. The van der Waals surface area contributed by atoms with E-state index in [9.17, 15) is 0 Å². The Labute approximate surface area is 161 Å². The molecule has 0 heteroatoms. The third-order valence-corrected chi connectivity index (χ3v) is 4.52. The minimum Gasteiger partial charge on any atom is -0.0993 e. The fourth-order valence-electron chi connectivity index (χ4n) is 2.84. The van der Waals surface area contributed by atoms with E-state index in [0.717, 1.165) is 12.8 Å². The first-order valence-electron chi connectivity index (χ1n) is 9.39. The van der Waals surface area contributed by atoms with Crippen LogP contribution in [-0.2, 0) is 0 Å². The van der Waals surface area contributed by atoms with E-state index in [1.54, 1.807) is 0 Å². The summed E-state index contributed by atoms with van der Waals surface area (Å²) in [7, 11) is 0. The van der Waals surface area contributed by atoms with Gasteiger partial charge in [-0.2, -0.15) is 0 Å². The van der Waals surface area contributed by atoms with Crippen LogP contribution in [0, 0.1) is 19.8 Å². The maximum absolute atomic E-state index is 4.12. The summed E-state index contributed by atoms with van der Waals surface area (Å²) in [6.07, 6.45) is 14.9. The van der Waals surface area contributed by atoms with E-state index >= 15 is 0 Å². The van der Waals surface area contributed by atoms with Crippen molar-refractivity contribution in [1.82, 2.24) is 0 Å². The Morgan fingerprint density at radius 3 is 2.35 bits per heavy atom. The fourth-order valence-corrected chi connectivity index (χ4v) is 2.84. The molecule has 0 bridgehead atoms. The fraction of sp³-hybridized carbons (Fsp3) is 0.308. The van der Waals surface area contributed by atoms with Gasteiger partial charge in [0, 0.05) is 0 Å². The lowest BCUT2D eigenvalue weighted by atomic mass is 9.91. The molecule has 0 saturated heterocycles. The summed E-state index contributed by atoms with van der Waals surface area (Å²) >= 11 is 0. The summed E-state index contributed by atoms with van der Waals surface area (Å²) in [6, 6.07) is 8.45. The van der Waals surface area contributed by atoms with E-state index in [-0.39, 0.29) is 0 Å². The zero-order chi connectivity index (χ0) is 19.5. The van der Waals surface area contributed by atoms with Gasteiger partial charge in [0.15, 0.2) is 0 Å². The van der Waals surface area contributed by atoms with Gasteiger partial charge in [-0.25, -0.2) is 0 Å². The summed E-state index contributed by atoms with van der Waals surface area (Å²) in [6.45, 7) is 18.6. The van der Waals surface area contributed by atoms with Crippen LogP contribution >= 0.6 is 0 Å². The summed E-state index contributed by atoms with van der Waals surface area (Å²) in [5.74, 6) is 0.572. The molecule has 0 aromatic heterocycles. The van der Waals surface area contributed by atoms with Gasteiger partial charge in [0.1, 0.15) is 0 Å². The van der Waals surface area contributed by atoms with Gasteiger partial charge in [-0.3, -0.25) is 0 Å². The summed E-state index contributed by atoms with van der Waals surface area (Å²) in [4.78, 5) is 0. The third-order valence-electron chi connectivity index (χ3n) is 4.52. The van der Waals surface area contributed by atoms with Crippen molar-refractivity contribution in [3.63, 3.8) is 0 Å². The predicted octanol–water partition coefficient (Wildman–Crippen LogP) is 7.84. The molecule has 0 radical (unpaired) electrons. The van der Waals surface area contributed by atoms with Crippen molar-refractivity contribution in [3.05, 3.63) is 107 Å². The first-order chi connectivity index (χ1) is 12.3. The van der Waals surface area contributed by atoms with Crippen LogP contribution in [0.5, 0.6) is 0 Å². The molecular formula is C26H34. The maximum atomic E-state index is 4.12. The number of benzene rings is 1. The van der Waals surface area contributed by atoms with Crippen molar-refractivity contribution in [2.45, 2.75) is 47.5 Å². The van der Waals surface area contributed by atoms with Gasteiger partial charge in [-0.1, -0.05) is 103 Å². The van der Waals surface area contributed by atoms with Gasteiger partial charge in [-0.15, -0.1) is 0 Å². The lowest BCUT2D eigenvalue weighted by Crippen LogP contribution is -1.99. The van der Waals surface area contributed by atoms with Gasteiger partial charge in [0.05, 0.1) is 0 Å². The molecule has 1 aromatic carbocycles. The van der Waals surface area contributed by atoms with Crippen LogP contribution in [0.4, 0.5) is 0 Å². The van der Waals surface area contributed by atoms with Crippen LogP contribution in [-0.4, -0.2) is 0 Å². The second kappa shape index (κ2) is 11.3. The third kappa shape index (κ3) is 8.16. The first kappa shape index (κ1) is 21.7. The summed E-state index contributed by atoms with van der Waals surface area (Å²) < 4.78 is 0. The van der Waals surface area contributed by atoms with E-state index in [1.165, 1.54) is 33.4 Å². The van der Waals surface area contributed by atoms with Crippen molar-refractivity contribution in [1.29, 1.82) is 0 Å². The van der Waals surface area contributed by atoms with Crippen LogP contribution in [0.25, 0.3) is 0 Å². The zero-order valence-electron chi connectivity index (χ0n) is 17.2. The van der Waals surface area contributed by atoms with E-state index in [1.807, 2.05) is 12.2 Å². The topological polar surface area (TPSA) is 0 Å². The van der Waals surface area contributed by atoms with Crippen LogP contribution in [0.3, 0.4) is 0 Å². The van der Waals surface area contributed by atoms with Gasteiger partial charge in [0.25, 0.3) is 0 Å². The van der Waals surface area contributed by atoms with Crippen molar-refractivity contribution >= 4 is 0 Å². The standard InChI is InChI=1S/C18H24.C8H10/c1-6-8-14(2)13-17(5)18-10-7-9-15(3)16(4)11-12-18;1-7-4-3-5-8(2)6-7/h6-8,10,12-13,16H,1,3,9,11H2,2,4-5H3;3-6H,1-2H3/b10-7-,14-8-,17-13+,18-12+;. The van der Waals surface area contributed by atoms with Crippen LogP contribution in [0.15, 0.2) is 96.2 Å². The predicted molar refractivity (Wildman–Crippen MR) is 118 cm³/mol. The average Bonchev–Trinajstić information content (AvgIpc) is 2.56. The van der Waals surface area contributed by atoms with Gasteiger partial charge >= 0.3 is 0 Å². The molecule has 138 valence electrons. The van der Waals surface area contributed by atoms with Crippen molar-refractivity contribution < 1.29 is 0 Å². The van der Waals surface area contributed by atoms with E-state index in [4.69, 9.17) is 0 Å². The minimum absolute atomic E-state index is 0.572. The molecule has 0 saturated carbocycles. The molecule has 2 rings (SSSR count). The zero-order valence-corrected chi connectivity index (χ0v) is 17.2. The minimum atomic E-state index is 0.572. The molecule has 0 amide bonds. The molecule has 1 atom stereocenters. The molecule has 0 N–H and O–H groups in total. The molecule has 1 aliphatic carbocycles. The Kier molecular flexibility index (Phi) is 9.44. The number of hydrogen-bond donors (Lipinski definition) is 0. The quantitative estimate of drug-likeness (QED) is 0.386. The second-order valence-electron chi connectivity index (χ2n) is 7.19. The Morgan fingerprint density at radius 2 is 1.81 bits per heavy atom. The molecule has 0 heterocycles. The highest BCUT2D eigenvalue weighted by Gasteiger charge is 2.07. The van der Waals surface area contributed by atoms with Gasteiger partial charge in [-0.05, 0) is 57.6 Å². The highest BCUT2D eigenvalue weighted by Crippen LogP contribution is 2.24. The number of hydrogen-bond acceptors (Lipinski definition) is 0. The smallest absolute Gasteiger partial charge is 0.0135 e. The SMILES string of the molecule is C=C\C=C(C)/C=C(C)/C1=C/CC(C)C(=C)C/C=C\1.Cc1cccc(C)c1. The number of rotatable bonds is 3. The number of aryl methyl sites for hydroxylation is 2. The molecule has 26 heavy (non-hydrogen) atoms. The second-order valence-corrected chi connectivity index (χ2v) is 7.19. The molecule has 0 nitrogen and oxygen atoms in total. The number of allylic oxidation sites excluding steroid dienone is 10.